The van der Waals surface area contributed by atoms with Crippen LogP contribution < -0.4 is 4.90 Å². The van der Waals surface area contributed by atoms with Crippen molar-refractivity contribution < 1.29 is 9.59 Å². The van der Waals surface area contributed by atoms with E-state index in [2.05, 4.69) is 48.0 Å². The molecule has 2 amide bonds. The number of aryl methyl sites for hydroxylation is 1. The molecule has 3 aliphatic rings. The summed E-state index contributed by atoms with van der Waals surface area (Å²) in [5.41, 5.74) is 1.25. The Morgan fingerprint density at radius 1 is 1.03 bits per heavy atom. The first kappa shape index (κ1) is 19.1. The first-order valence-electron chi connectivity index (χ1n) is 10.8. The Balaban J connectivity index is 1.50. The first-order valence-corrected chi connectivity index (χ1v) is 10.8. The molecule has 1 saturated carbocycles. The van der Waals surface area contributed by atoms with Crippen LogP contribution in [0.25, 0.3) is 0 Å². The van der Waals surface area contributed by atoms with Gasteiger partial charge in [-0.05, 0) is 50.8 Å². The van der Waals surface area contributed by atoms with Gasteiger partial charge in [0.05, 0.1) is 6.54 Å². The topological polar surface area (TPSA) is 56.8 Å². The highest BCUT2D eigenvalue weighted by atomic mass is 16.2. The Hall–Kier alpha value is -2.89. The van der Waals surface area contributed by atoms with Gasteiger partial charge in [-0.3, -0.25) is 9.59 Å². The smallest absolute Gasteiger partial charge is 0.251 e. The maximum atomic E-state index is 13.9. The van der Waals surface area contributed by atoms with Crippen LogP contribution in [-0.2, 0) is 16.1 Å². The molecule has 30 heavy (non-hydrogen) atoms. The number of hydrogen-bond donors (Lipinski definition) is 0. The van der Waals surface area contributed by atoms with E-state index >= 15 is 0 Å². The molecule has 3 fully saturated rings. The molecule has 0 N–H and O–H groups in total. The van der Waals surface area contributed by atoms with Crippen molar-refractivity contribution in [3.05, 3.63) is 59.8 Å². The van der Waals surface area contributed by atoms with Gasteiger partial charge < -0.3 is 14.7 Å². The van der Waals surface area contributed by atoms with Gasteiger partial charge in [-0.15, -0.1) is 0 Å². The van der Waals surface area contributed by atoms with Crippen LogP contribution >= 0.6 is 0 Å². The maximum absolute atomic E-state index is 13.9. The van der Waals surface area contributed by atoms with E-state index in [0.29, 0.717) is 26.1 Å². The summed E-state index contributed by atoms with van der Waals surface area (Å²) in [6, 6.07) is 14.1. The molecule has 1 aliphatic carbocycles. The third-order valence-corrected chi connectivity index (χ3v) is 7.06. The SMILES string of the molecule is Cc1ccc(CN2C(=O)CN(C3(C)CC3)C(=O)C23CCN(c2ccccn2)C3)cc1. The minimum Gasteiger partial charge on any atom is -0.354 e. The van der Waals surface area contributed by atoms with Crippen molar-refractivity contribution >= 4 is 17.6 Å². The van der Waals surface area contributed by atoms with Crippen LogP contribution in [-0.4, -0.2) is 57.3 Å². The number of hydrogen-bond acceptors (Lipinski definition) is 4. The van der Waals surface area contributed by atoms with Gasteiger partial charge in [-0.25, -0.2) is 4.98 Å². The average Bonchev–Trinajstić information content (AvgIpc) is 3.34. The van der Waals surface area contributed by atoms with Gasteiger partial charge in [0.2, 0.25) is 5.91 Å². The van der Waals surface area contributed by atoms with Crippen LogP contribution in [0.3, 0.4) is 0 Å². The maximum Gasteiger partial charge on any atom is 0.251 e. The molecule has 6 heteroatoms. The van der Waals surface area contributed by atoms with Crippen LogP contribution in [0, 0.1) is 6.92 Å². The molecular formula is C24H28N4O2. The van der Waals surface area contributed by atoms with E-state index in [4.69, 9.17) is 0 Å². The quantitative estimate of drug-likeness (QED) is 0.786. The summed E-state index contributed by atoms with van der Waals surface area (Å²) in [4.78, 5) is 37.6. The lowest BCUT2D eigenvalue weighted by molar-refractivity contribution is -0.167. The normalized spacial score (nSPS) is 25.3. The van der Waals surface area contributed by atoms with E-state index in [-0.39, 0.29) is 23.9 Å². The number of piperazine rings is 1. The fraction of sp³-hybridized carbons (Fsp3) is 0.458. The minimum absolute atomic E-state index is 0.0474. The molecule has 1 aromatic heterocycles. The fourth-order valence-electron chi connectivity index (χ4n) is 4.83. The molecule has 1 aromatic carbocycles. The predicted octanol–water partition coefficient (Wildman–Crippen LogP) is 2.76. The number of anilines is 1. The Kier molecular flexibility index (Phi) is 4.34. The zero-order valence-corrected chi connectivity index (χ0v) is 17.7. The van der Waals surface area contributed by atoms with Gasteiger partial charge in [0.15, 0.2) is 0 Å². The van der Waals surface area contributed by atoms with Crippen molar-refractivity contribution in [1.82, 2.24) is 14.8 Å². The molecule has 2 aromatic rings. The number of amides is 2. The molecule has 5 rings (SSSR count). The molecule has 2 aliphatic heterocycles. The Morgan fingerprint density at radius 2 is 1.80 bits per heavy atom. The summed E-state index contributed by atoms with van der Waals surface area (Å²) >= 11 is 0. The monoisotopic (exact) mass is 404 g/mol. The minimum atomic E-state index is -0.830. The van der Waals surface area contributed by atoms with Gasteiger partial charge in [-0.1, -0.05) is 35.9 Å². The molecule has 6 nitrogen and oxygen atoms in total. The van der Waals surface area contributed by atoms with E-state index in [1.165, 1.54) is 5.56 Å². The predicted molar refractivity (Wildman–Crippen MR) is 115 cm³/mol. The lowest BCUT2D eigenvalue weighted by Crippen LogP contribution is -2.70. The van der Waals surface area contributed by atoms with Crippen LogP contribution in [0.5, 0.6) is 0 Å². The number of rotatable bonds is 4. The van der Waals surface area contributed by atoms with Gasteiger partial charge in [0, 0.05) is 24.8 Å². The second kappa shape index (κ2) is 6.83. The van der Waals surface area contributed by atoms with E-state index in [1.54, 1.807) is 6.20 Å². The molecule has 2 saturated heterocycles. The highest BCUT2D eigenvalue weighted by molar-refractivity contribution is 5.99. The Bertz CT molecular complexity index is 970. The molecule has 1 spiro atoms. The van der Waals surface area contributed by atoms with Crippen LogP contribution in [0.2, 0.25) is 0 Å². The van der Waals surface area contributed by atoms with Gasteiger partial charge in [0.25, 0.3) is 5.91 Å². The lowest BCUT2D eigenvalue weighted by atomic mass is 9.89. The molecular weight excluding hydrogens is 376 g/mol. The second-order valence-electron chi connectivity index (χ2n) is 9.24. The van der Waals surface area contributed by atoms with E-state index in [0.717, 1.165) is 24.2 Å². The van der Waals surface area contributed by atoms with Gasteiger partial charge >= 0.3 is 0 Å². The van der Waals surface area contributed by atoms with Crippen molar-refractivity contribution in [3.63, 3.8) is 0 Å². The molecule has 1 atom stereocenters. The van der Waals surface area contributed by atoms with Gasteiger partial charge in [0.1, 0.15) is 17.9 Å². The van der Waals surface area contributed by atoms with Gasteiger partial charge in [-0.2, -0.15) is 0 Å². The number of aromatic nitrogens is 1. The standard InChI is InChI=1S/C24H28N4O2/c1-18-6-8-19(9-7-18)15-27-21(29)16-28(23(2)10-11-23)22(30)24(27)12-14-26(17-24)20-5-3-4-13-25-20/h3-9,13H,10-12,14-17H2,1-2H3. The van der Waals surface area contributed by atoms with Crippen LogP contribution in [0.4, 0.5) is 5.82 Å². The first-order chi connectivity index (χ1) is 14.4. The highest BCUT2D eigenvalue weighted by Gasteiger charge is 2.60. The van der Waals surface area contributed by atoms with E-state index in [9.17, 15) is 9.59 Å². The molecule has 0 radical (unpaired) electrons. The van der Waals surface area contributed by atoms with Crippen molar-refractivity contribution in [1.29, 1.82) is 0 Å². The molecule has 156 valence electrons. The summed E-state index contributed by atoms with van der Waals surface area (Å²) in [6.45, 7) is 6.01. The summed E-state index contributed by atoms with van der Waals surface area (Å²) in [6.07, 6.45) is 4.36. The number of benzene rings is 1. The largest absolute Gasteiger partial charge is 0.354 e. The van der Waals surface area contributed by atoms with Crippen molar-refractivity contribution in [2.24, 2.45) is 0 Å². The fourth-order valence-corrected chi connectivity index (χ4v) is 4.83. The van der Waals surface area contributed by atoms with E-state index < -0.39 is 5.54 Å². The second-order valence-corrected chi connectivity index (χ2v) is 9.24. The Labute approximate surface area is 177 Å². The van der Waals surface area contributed by atoms with Crippen molar-refractivity contribution in [3.8, 4) is 0 Å². The van der Waals surface area contributed by atoms with Crippen molar-refractivity contribution in [2.45, 2.75) is 50.7 Å². The van der Waals surface area contributed by atoms with E-state index in [1.807, 2.05) is 28.0 Å². The number of nitrogens with zero attached hydrogens (tertiary/aromatic N) is 4. The molecule has 3 heterocycles. The molecule has 1 unspecified atom stereocenters. The van der Waals surface area contributed by atoms with Crippen LogP contribution in [0.1, 0.15) is 37.3 Å². The third kappa shape index (κ3) is 3.06. The molecule has 0 bridgehead atoms. The van der Waals surface area contributed by atoms with Crippen LogP contribution in [0.15, 0.2) is 48.7 Å². The zero-order valence-electron chi connectivity index (χ0n) is 17.7. The number of carbonyl (C=O) groups excluding carboxylic acids is 2. The highest BCUT2D eigenvalue weighted by Crippen LogP contribution is 2.46. The number of pyridine rings is 1. The summed E-state index contributed by atoms with van der Waals surface area (Å²) in [5.74, 6) is 1.01. The Morgan fingerprint density at radius 3 is 2.47 bits per heavy atom. The number of carbonyl (C=O) groups is 2. The average molecular weight is 405 g/mol. The lowest BCUT2D eigenvalue weighted by Gasteiger charge is -2.49. The third-order valence-electron chi connectivity index (χ3n) is 7.06. The van der Waals surface area contributed by atoms with Crippen molar-refractivity contribution in [2.75, 3.05) is 24.5 Å². The summed E-state index contributed by atoms with van der Waals surface area (Å²) < 4.78 is 0. The summed E-state index contributed by atoms with van der Waals surface area (Å²) in [7, 11) is 0. The zero-order chi connectivity index (χ0) is 20.9. The summed E-state index contributed by atoms with van der Waals surface area (Å²) in [5, 5.41) is 0.